The average molecular weight is 1470 g/mol. The number of rotatable bonds is 18. The number of ketones is 1. The number of hydrogen-bond acceptors (Lipinski definition) is 19. The van der Waals surface area contributed by atoms with E-state index in [0.29, 0.717) is 91.0 Å². The number of hydrogen-bond donors (Lipinski definition) is 1. The number of fused-ring (bicyclic) bond motifs is 1. The molecule has 3 aliphatic heterocycles. The summed E-state index contributed by atoms with van der Waals surface area (Å²) in [5.74, 6) is -3.04. The SMILES string of the molecule is CCOC(=O)C(Cl)Cc1cc(-n2nc(C)n(C(F)F)c2=O)c(F)cc1Cl.CCOC(=O)C1=NOC(c2ccccc2)(c2ccccc2)C1.CCc1cc(C)cc(CC)c1-c1c(OC(=O)C(C)(C)C)n2n(c1=O)CCOCC2.Cc1c(C(=O)c2cnn(C)c2O)ccc(S(C)(=O)=O)c1C1=NOCC1. The molecule has 11 rings (SSSR count). The smallest absolute Gasteiger partial charge is 0.356 e. The molecule has 30 heteroatoms. The van der Waals surface area contributed by atoms with Gasteiger partial charge in [-0.05, 0) is 120 Å². The molecule has 1 atom stereocenters. The minimum absolute atomic E-state index is 0.0424. The third kappa shape index (κ3) is 17.3. The van der Waals surface area contributed by atoms with E-state index in [9.17, 15) is 55.5 Å². The summed E-state index contributed by atoms with van der Waals surface area (Å²) in [7, 11) is -2.00. The summed E-state index contributed by atoms with van der Waals surface area (Å²) in [6.45, 7) is 17.5. The first-order valence-electron chi connectivity index (χ1n) is 32.7. The Balaban J connectivity index is 0.000000173. The maximum absolute atomic E-state index is 14.2. The molecule has 6 heterocycles. The van der Waals surface area contributed by atoms with Crippen LogP contribution < -0.4 is 16.0 Å². The van der Waals surface area contributed by atoms with Crippen LogP contribution in [0.1, 0.15) is 134 Å². The number of aryl methyl sites for hydroxylation is 5. The summed E-state index contributed by atoms with van der Waals surface area (Å²) < 4.78 is 90.9. The Morgan fingerprint density at radius 3 is 1.91 bits per heavy atom. The first-order valence-corrected chi connectivity index (χ1v) is 35.4. The van der Waals surface area contributed by atoms with Gasteiger partial charge >= 0.3 is 30.1 Å². The summed E-state index contributed by atoms with van der Waals surface area (Å²) in [4.78, 5) is 85.7. The number of ether oxygens (including phenoxy) is 4. The molecule has 0 aliphatic carbocycles. The molecule has 5 aromatic carbocycles. The van der Waals surface area contributed by atoms with Crippen LogP contribution in [0.25, 0.3) is 16.8 Å². The molecule has 0 saturated carbocycles. The highest BCUT2D eigenvalue weighted by Crippen LogP contribution is 2.42. The zero-order valence-corrected chi connectivity index (χ0v) is 60.8. The molecular weight excluding hydrogens is 1390 g/mol. The monoisotopic (exact) mass is 1470 g/mol. The number of oxime groups is 2. The quantitative estimate of drug-likeness (QED) is 0.0474. The molecule has 8 aromatic rings. The van der Waals surface area contributed by atoms with E-state index in [-0.39, 0.29) is 73.1 Å². The third-order valence-electron chi connectivity index (χ3n) is 16.6. The molecular formula is C72H80Cl2F3N9O15S. The maximum atomic E-state index is 14.2. The minimum atomic E-state index is -3.52. The highest BCUT2D eigenvalue weighted by Gasteiger charge is 2.45. The zero-order chi connectivity index (χ0) is 74.7. The van der Waals surface area contributed by atoms with E-state index in [0.717, 1.165) is 59.0 Å². The van der Waals surface area contributed by atoms with E-state index in [1.807, 2.05) is 81.4 Å². The van der Waals surface area contributed by atoms with Crippen molar-refractivity contribution in [3.63, 3.8) is 0 Å². The van der Waals surface area contributed by atoms with Gasteiger partial charge in [0.25, 0.3) is 5.56 Å². The lowest BCUT2D eigenvalue weighted by Gasteiger charge is -2.27. The number of carbonyl (C=O) groups excluding carboxylic acids is 4. The van der Waals surface area contributed by atoms with Crippen LogP contribution in [0.5, 0.6) is 11.8 Å². The van der Waals surface area contributed by atoms with E-state index in [1.165, 1.54) is 42.5 Å². The number of nitrogens with zero attached hydrogens (tertiary/aromatic N) is 9. The zero-order valence-electron chi connectivity index (χ0n) is 58.4. The summed E-state index contributed by atoms with van der Waals surface area (Å²) >= 11 is 11.9. The highest BCUT2D eigenvalue weighted by atomic mass is 35.5. The Labute approximate surface area is 597 Å². The standard InChI is InChI=1S/C23H32N2O4.C18H17NO3.C16H17N3O5S.C15H14Cl2F3N3O3/c1-7-16-13-15(3)14-17(8-2)18(16)19-20(26)24-9-11-28-12-10-25(24)21(19)29-22(27)23(4,5)6;1-2-21-17(20)16-13-18(22-19-16,14-9-5-3-6-10-14)15-11-7-4-8-12-15;1-9-10(15(20)11-8-17-19(2)16(11)21)4-5-13(25(3,22)23)14(9)12-6-7-24-18-12;1-3-26-13(24)10(17)4-8-5-12(11(18)6-9(8)16)23-15(25)22(14(19)20)7(2)21-23/h13-14H,7-12H2,1-6H3;3-12H,2,13H2,1H3;4-5,8,21H,6-7H2,1-3H3;5-6,10,14H,3-4H2,1-2H3. The number of halogens is 5. The molecule has 0 saturated heterocycles. The molecule has 1 unspecified atom stereocenters. The Hall–Kier alpha value is -9.64. The van der Waals surface area contributed by atoms with Gasteiger partial charge in [-0.3, -0.25) is 19.2 Å². The molecule has 0 fully saturated rings. The molecule has 24 nitrogen and oxygen atoms in total. The predicted octanol–water partition coefficient (Wildman–Crippen LogP) is 11.4. The molecule has 102 heavy (non-hydrogen) atoms. The normalized spacial score (nSPS) is 14.2. The summed E-state index contributed by atoms with van der Waals surface area (Å²) in [5.41, 5.74) is 5.76. The number of aromatic hydroxyl groups is 1. The Morgan fingerprint density at radius 1 is 0.784 bits per heavy atom. The van der Waals surface area contributed by atoms with Gasteiger partial charge in [-0.1, -0.05) is 114 Å². The summed E-state index contributed by atoms with van der Waals surface area (Å²) in [6, 6.07) is 28.7. The van der Waals surface area contributed by atoms with Crippen molar-refractivity contribution in [2.45, 2.75) is 137 Å². The van der Waals surface area contributed by atoms with E-state index >= 15 is 0 Å². The van der Waals surface area contributed by atoms with E-state index in [2.05, 4.69) is 53.4 Å². The summed E-state index contributed by atoms with van der Waals surface area (Å²) in [6.07, 6.45) is 4.68. The number of esters is 3. The van der Waals surface area contributed by atoms with E-state index < -0.39 is 62.0 Å². The van der Waals surface area contributed by atoms with Gasteiger partial charge in [0.15, 0.2) is 32.8 Å². The third-order valence-corrected chi connectivity index (χ3v) is 18.5. The lowest BCUT2D eigenvalue weighted by molar-refractivity contribution is -0.144. The summed E-state index contributed by atoms with van der Waals surface area (Å²) in [5, 5.41) is 24.3. The lowest BCUT2D eigenvalue weighted by Crippen LogP contribution is -2.29. The van der Waals surface area contributed by atoms with Crippen LogP contribution in [0.4, 0.5) is 13.2 Å². The average Bonchev–Trinajstić information content (AvgIpc) is 1.60. The number of aromatic nitrogens is 7. The Morgan fingerprint density at radius 2 is 1.39 bits per heavy atom. The first-order chi connectivity index (χ1) is 48.3. The van der Waals surface area contributed by atoms with Crippen LogP contribution in [0.15, 0.2) is 128 Å². The highest BCUT2D eigenvalue weighted by molar-refractivity contribution is 7.90. The maximum Gasteiger partial charge on any atom is 0.356 e. The molecule has 1 N–H and O–H groups in total. The van der Waals surface area contributed by atoms with Crippen molar-refractivity contribution in [1.29, 1.82) is 0 Å². The molecule has 3 aromatic heterocycles. The van der Waals surface area contributed by atoms with Gasteiger partial charge in [-0.2, -0.15) is 18.6 Å². The van der Waals surface area contributed by atoms with Crippen LogP contribution in [0, 0.1) is 32.0 Å². The molecule has 544 valence electrons. The van der Waals surface area contributed by atoms with Crippen LogP contribution >= 0.6 is 23.2 Å². The molecule has 0 spiro atoms. The van der Waals surface area contributed by atoms with Crippen LogP contribution in [-0.4, -0.2) is 127 Å². The second-order valence-corrected chi connectivity index (χ2v) is 27.7. The van der Waals surface area contributed by atoms with Crippen molar-refractivity contribution in [1.82, 2.24) is 33.5 Å². The molecule has 0 amide bonds. The van der Waals surface area contributed by atoms with Gasteiger partial charge in [0, 0.05) is 53.4 Å². The van der Waals surface area contributed by atoms with E-state index in [4.69, 9.17) is 51.8 Å². The number of carbonyl (C=O) groups is 4. The van der Waals surface area contributed by atoms with Crippen molar-refractivity contribution < 1.29 is 74.5 Å². The van der Waals surface area contributed by atoms with Gasteiger partial charge in [0.1, 0.15) is 34.6 Å². The van der Waals surface area contributed by atoms with Gasteiger partial charge in [-0.15, -0.1) is 16.7 Å². The van der Waals surface area contributed by atoms with Crippen LogP contribution in [0.3, 0.4) is 0 Å². The lowest BCUT2D eigenvalue weighted by atomic mass is 9.82. The van der Waals surface area contributed by atoms with Gasteiger partial charge in [-0.25, -0.2) is 41.0 Å². The topological polar surface area (TPSA) is 287 Å². The Bertz CT molecular complexity index is 4670. The number of alkyl halides is 3. The van der Waals surface area contributed by atoms with Crippen LogP contribution in [0.2, 0.25) is 5.02 Å². The van der Waals surface area contributed by atoms with Gasteiger partial charge in [0.05, 0.1) is 68.2 Å². The van der Waals surface area contributed by atoms with Gasteiger partial charge in [0.2, 0.25) is 11.8 Å². The second kappa shape index (κ2) is 33.4. The Kier molecular flexibility index (Phi) is 25.6. The van der Waals surface area contributed by atoms with Crippen molar-refractivity contribution in [2.24, 2.45) is 22.8 Å². The minimum Gasteiger partial charge on any atom is -0.493 e. The van der Waals surface area contributed by atoms with Gasteiger partial charge < -0.3 is 33.7 Å². The largest absolute Gasteiger partial charge is 0.493 e. The fourth-order valence-corrected chi connectivity index (χ4v) is 12.9. The number of benzene rings is 5. The van der Waals surface area contributed by atoms with Crippen molar-refractivity contribution >= 4 is 68.2 Å². The number of sulfone groups is 1. The molecule has 0 bridgehead atoms. The van der Waals surface area contributed by atoms with E-state index in [1.54, 1.807) is 30.1 Å². The predicted molar refractivity (Wildman–Crippen MR) is 375 cm³/mol. The van der Waals surface area contributed by atoms with Crippen molar-refractivity contribution in [3.05, 3.63) is 196 Å². The molecule has 0 radical (unpaired) electrons. The van der Waals surface area contributed by atoms with Crippen molar-refractivity contribution in [2.75, 3.05) is 39.3 Å². The molecule has 3 aliphatic rings. The fraction of sp³-hybridized carbons (Fsp3) is 0.389. The van der Waals surface area contributed by atoms with Crippen molar-refractivity contribution in [3.8, 4) is 28.6 Å². The second-order valence-electron chi connectivity index (χ2n) is 24.8. The van der Waals surface area contributed by atoms with Crippen LogP contribution in [-0.2, 0) is 93.1 Å². The first kappa shape index (κ1) is 78.1. The fourth-order valence-electron chi connectivity index (χ4n) is 11.5.